The number of nitrogens with zero attached hydrogens (tertiary/aromatic N) is 1. The Balaban J connectivity index is 3.54. The number of rotatable bonds is 4. The second-order valence-electron chi connectivity index (χ2n) is 2.24. The maximum Gasteiger partial charge on any atom is 0.255 e. The Labute approximate surface area is 59.9 Å². The molecule has 0 aliphatic rings. The van der Waals surface area contributed by atoms with Crippen molar-refractivity contribution in [2.45, 2.75) is 32.1 Å². The first-order chi connectivity index (χ1) is 4.62. The van der Waals surface area contributed by atoms with E-state index in [-0.39, 0.29) is 19.4 Å². The molecule has 0 fully saturated rings. The van der Waals surface area contributed by atoms with Crippen molar-refractivity contribution in [3.05, 3.63) is 11.4 Å². The Kier molecular flexibility index (Phi) is 3.94. The maximum absolute atomic E-state index is 12.5. The van der Waals surface area contributed by atoms with Crippen molar-refractivity contribution in [2.75, 3.05) is 6.54 Å². The lowest BCUT2D eigenvalue weighted by Gasteiger charge is -2.10. The molecule has 0 amide bonds. The van der Waals surface area contributed by atoms with Gasteiger partial charge in [0, 0.05) is 6.42 Å². The molecule has 0 heterocycles. The molecule has 0 aromatic carbocycles. The number of hydrogen-bond donors (Lipinski definition) is 0. The molecule has 0 aromatic rings. The van der Waals surface area contributed by atoms with Crippen molar-refractivity contribution in [3.63, 3.8) is 0 Å². The molecule has 0 saturated heterocycles. The van der Waals surface area contributed by atoms with E-state index in [9.17, 15) is 8.78 Å². The minimum Gasteiger partial charge on any atom is -0.317 e. The van der Waals surface area contributed by atoms with Crippen molar-refractivity contribution >= 4 is 0 Å². The molecule has 0 spiro atoms. The van der Waals surface area contributed by atoms with Crippen LogP contribution in [0.3, 0.4) is 0 Å². The van der Waals surface area contributed by atoms with Gasteiger partial charge in [-0.3, -0.25) is 0 Å². The molecule has 0 aromatic heterocycles. The van der Waals surface area contributed by atoms with Crippen molar-refractivity contribution in [1.82, 2.24) is 0 Å². The predicted octanol–water partition coefficient (Wildman–Crippen LogP) is 2.73. The van der Waals surface area contributed by atoms with Crippen LogP contribution in [-0.4, -0.2) is 12.5 Å². The van der Waals surface area contributed by atoms with E-state index >= 15 is 0 Å². The minimum absolute atomic E-state index is 0.0625. The standard InChI is InChI=1S/C7H11F2N/c1-3-4-7(8,9)5-6-10-2/h3-6H2,1H3. The summed E-state index contributed by atoms with van der Waals surface area (Å²) >= 11 is 0. The molecule has 0 atom stereocenters. The Morgan fingerprint density at radius 2 is 2.00 bits per heavy atom. The summed E-state index contributed by atoms with van der Waals surface area (Å²) in [6, 6.07) is 0. The van der Waals surface area contributed by atoms with Crippen LogP contribution >= 0.6 is 0 Å². The van der Waals surface area contributed by atoms with Crippen LogP contribution < -0.4 is 0 Å². The van der Waals surface area contributed by atoms with Crippen LogP contribution in [-0.2, 0) is 0 Å². The average Bonchev–Trinajstić information content (AvgIpc) is 1.84. The lowest BCUT2D eigenvalue weighted by molar-refractivity contribution is -0.0125. The van der Waals surface area contributed by atoms with Gasteiger partial charge >= 0.3 is 0 Å². The van der Waals surface area contributed by atoms with E-state index in [1.807, 2.05) is 0 Å². The van der Waals surface area contributed by atoms with Gasteiger partial charge in [0.05, 0.1) is 6.42 Å². The molecule has 0 radical (unpaired) electrons. The highest BCUT2D eigenvalue weighted by Gasteiger charge is 2.28. The number of hydrogen-bond acceptors (Lipinski definition) is 0. The SMILES string of the molecule is [C-]#[N+]CCC(F)(F)CCC. The third-order valence-corrected chi connectivity index (χ3v) is 1.21. The fraction of sp³-hybridized carbons (Fsp3) is 0.857. The Morgan fingerprint density at radius 1 is 1.40 bits per heavy atom. The summed E-state index contributed by atoms with van der Waals surface area (Å²) in [4.78, 5) is 2.87. The molecule has 0 saturated carbocycles. The fourth-order valence-electron chi connectivity index (χ4n) is 0.710. The number of halogens is 2. The van der Waals surface area contributed by atoms with Gasteiger partial charge in [0.25, 0.3) is 5.92 Å². The third kappa shape index (κ3) is 4.25. The Hall–Kier alpha value is -0.650. The van der Waals surface area contributed by atoms with Crippen molar-refractivity contribution in [2.24, 2.45) is 0 Å². The molecule has 0 rings (SSSR count). The average molecular weight is 147 g/mol. The molecular formula is C7H11F2N. The highest BCUT2D eigenvalue weighted by molar-refractivity contribution is 4.71. The largest absolute Gasteiger partial charge is 0.317 e. The third-order valence-electron chi connectivity index (χ3n) is 1.21. The fourth-order valence-corrected chi connectivity index (χ4v) is 0.710. The first-order valence-corrected chi connectivity index (χ1v) is 3.33. The van der Waals surface area contributed by atoms with E-state index in [0.29, 0.717) is 6.42 Å². The molecule has 0 aliphatic heterocycles. The first-order valence-electron chi connectivity index (χ1n) is 3.33. The second-order valence-corrected chi connectivity index (χ2v) is 2.24. The zero-order chi connectivity index (χ0) is 8.04. The van der Waals surface area contributed by atoms with Gasteiger partial charge in [0.1, 0.15) is 0 Å². The van der Waals surface area contributed by atoms with E-state index < -0.39 is 5.92 Å². The van der Waals surface area contributed by atoms with Gasteiger partial charge < -0.3 is 4.85 Å². The van der Waals surface area contributed by atoms with Crippen LogP contribution in [0.25, 0.3) is 4.85 Å². The summed E-state index contributed by atoms with van der Waals surface area (Å²) < 4.78 is 24.9. The molecular weight excluding hydrogens is 136 g/mol. The molecule has 0 N–H and O–H groups in total. The normalized spacial score (nSPS) is 11.0. The Bertz CT molecular complexity index is 126. The quantitative estimate of drug-likeness (QED) is 0.538. The topological polar surface area (TPSA) is 4.36 Å². The smallest absolute Gasteiger partial charge is 0.255 e. The lowest BCUT2D eigenvalue weighted by Crippen LogP contribution is -2.16. The molecule has 1 nitrogen and oxygen atoms in total. The van der Waals surface area contributed by atoms with E-state index in [1.165, 1.54) is 0 Å². The molecule has 58 valence electrons. The number of alkyl halides is 2. The van der Waals surface area contributed by atoms with Crippen LogP contribution in [0.1, 0.15) is 26.2 Å². The molecule has 3 heteroatoms. The highest BCUT2D eigenvalue weighted by atomic mass is 19.3. The van der Waals surface area contributed by atoms with Crippen LogP contribution in [0.4, 0.5) is 8.78 Å². The van der Waals surface area contributed by atoms with Crippen molar-refractivity contribution in [3.8, 4) is 0 Å². The van der Waals surface area contributed by atoms with Crippen LogP contribution in [0.15, 0.2) is 0 Å². The predicted molar refractivity (Wildman–Crippen MR) is 35.9 cm³/mol. The maximum atomic E-state index is 12.5. The minimum atomic E-state index is -2.61. The van der Waals surface area contributed by atoms with Gasteiger partial charge in [-0.05, 0) is 0 Å². The second kappa shape index (κ2) is 4.21. The van der Waals surface area contributed by atoms with Gasteiger partial charge in [-0.15, -0.1) is 0 Å². The molecule has 0 aliphatic carbocycles. The molecule has 10 heavy (non-hydrogen) atoms. The summed E-state index contributed by atoms with van der Waals surface area (Å²) in [5.74, 6) is -2.61. The van der Waals surface area contributed by atoms with Crippen molar-refractivity contribution in [1.29, 1.82) is 0 Å². The first kappa shape index (κ1) is 9.35. The van der Waals surface area contributed by atoms with Gasteiger partial charge in [0.15, 0.2) is 0 Å². The van der Waals surface area contributed by atoms with Crippen LogP contribution in [0, 0.1) is 6.57 Å². The highest BCUT2D eigenvalue weighted by Crippen LogP contribution is 2.23. The van der Waals surface area contributed by atoms with Gasteiger partial charge in [-0.2, -0.15) is 0 Å². The molecule has 0 unspecified atom stereocenters. The van der Waals surface area contributed by atoms with E-state index in [0.717, 1.165) is 0 Å². The summed E-state index contributed by atoms with van der Waals surface area (Å²) in [5, 5.41) is 0. The van der Waals surface area contributed by atoms with E-state index in [2.05, 4.69) is 4.85 Å². The Morgan fingerprint density at radius 3 is 2.40 bits per heavy atom. The monoisotopic (exact) mass is 147 g/mol. The summed E-state index contributed by atoms with van der Waals surface area (Å²) in [6.45, 7) is 7.96. The zero-order valence-corrected chi connectivity index (χ0v) is 6.03. The lowest BCUT2D eigenvalue weighted by atomic mass is 10.1. The van der Waals surface area contributed by atoms with Crippen molar-refractivity contribution < 1.29 is 8.78 Å². The summed E-state index contributed by atoms with van der Waals surface area (Å²) in [5.41, 5.74) is 0. The van der Waals surface area contributed by atoms with E-state index in [4.69, 9.17) is 6.57 Å². The van der Waals surface area contributed by atoms with Gasteiger partial charge in [-0.1, -0.05) is 13.3 Å². The van der Waals surface area contributed by atoms with Gasteiger partial charge in [-0.25, -0.2) is 15.4 Å². The van der Waals surface area contributed by atoms with Crippen LogP contribution in [0.5, 0.6) is 0 Å². The van der Waals surface area contributed by atoms with Crippen LogP contribution in [0.2, 0.25) is 0 Å². The summed E-state index contributed by atoms with van der Waals surface area (Å²) in [6.07, 6.45) is 0.0951. The van der Waals surface area contributed by atoms with E-state index in [1.54, 1.807) is 6.92 Å². The van der Waals surface area contributed by atoms with Gasteiger partial charge in [0.2, 0.25) is 6.54 Å². The molecule has 0 bridgehead atoms. The zero-order valence-electron chi connectivity index (χ0n) is 6.03. The summed E-state index contributed by atoms with van der Waals surface area (Å²) in [7, 11) is 0.